The van der Waals surface area contributed by atoms with Crippen LogP contribution >= 0.6 is 11.6 Å². The number of ether oxygens (including phenoxy) is 1. The van der Waals surface area contributed by atoms with Crippen molar-refractivity contribution in [2.24, 2.45) is 0 Å². The summed E-state index contributed by atoms with van der Waals surface area (Å²) >= 11 is 5.74. The van der Waals surface area contributed by atoms with Gasteiger partial charge in [0.05, 0.1) is 6.10 Å². The Morgan fingerprint density at radius 3 is 2.71 bits per heavy atom. The molecule has 0 aliphatic heterocycles. The highest BCUT2D eigenvalue weighted by Crippen LogP contribution is 2.15. The Morgan fingerprint density at radius 1 is 1.50 bits per heavy atom. The van der Waals surface area contributed by atoms with E-state index < -0.39 is 0 Å². The number of halogens is 1. The standard InChI is InChI=1S/C11H16ClNO/c1-4-8(2)14-11-6-5-10(7-12)9(3)13-11/h5-6,8H,4,7H2,1-3H3. The molecule has 0 amide bonds. The molecular weight excluding hydrogens is 198 g/mol. The van der Waals surface area contributed by atoms with Gasteiger partial charge in [-0.15, -0.1) is 11.6 Å². The minimum atomic E-state index is 0.212. The zero-order valence-corrected chi connectivity index (χ0v) is 9.64. The van der Waals surface area contributed by atoms with E-state index in [2.05, 4.69) is 11.9 Å². The maximum Gasteiger partial charge on any atom is 0.213 e. The second kappa shape index (κ2) is 5.20. The number of aryl methyl sites for hydroxylation is 1. The molecule has 78 valence electrons. The predicted molar refractivity (Wildman–Crippen MR) is 58.9 cm³/mol. The van der Waals surface area contributed by atoms with Crippen molar-refractivity contribution in [3.63, 3.8) is 0 Å². The zero-order chi connectivity index (χ0) is 10.6. The van der Waals surface area contributed by atoms with Crippen LogP contribution in [0.1, 0.15) is 31.5 Å². The van der Waals surface area contributed by atoms with Crippen LogP contribution < -0.4 is 4.74 Å². The highest BCUT2D eigenvalue weighted by Gasteiger charge is 2.04. The minimum absolute atomic E-state index is 0.212. The van der Waals surface area contributed by atoms with Gasteiger partial charge in [0.25, 0.3) is 0 Å². The van der Waals surface area contributed by atoms with Gasteiger partial charge in [-0.1, -0.05) is 13.0 Å². The molecule has 3 heteroatoms. The van der Waals surface area contributed by atoms with Crippen molar-refractivity contribution < 1.29 is 4.74 Å². The third-order valence-corrected chi connectivity index (χ3v) is 2.50. The highest BCUT2D eigenvalue weighted by molar-refractivity contribution is 6.17. The summed E-state index contributed by atoms with van der Waals surface area (Å²) in [4.78, 5) is 4.33. The first kappa shape index (κ1) is 11.3. The van der Waals surface area contributed by atoms with Crippen LogP contribution in [0, 0.1) is 6.92 Å². The summed E-state index contributed by atoms with van der Waals surface area (Å²) in [5.41, 5.74) is 2.00. The molecule has 1 aromatic rings. The molecule has 0 aliphatic carbocycles. The third kappa shape index (κ3) is 2.88. The number of hydrogen-bond acceptors (Lipinski definition) is 2. The Balaban J connectivity index is 2.76. The van der Waals surface area contributed by atoms with Crippen molar-refractivity contribution in [3.8, 4) is 5.88 Å². The van der Waals surface area contributed by atoms with Crippen LogP contribution in [-0.2, 0) is 5.88 Å². The molecule has 1 atom stereocenters. The molecule has 1 unspecified atom stereocenters. The average Bonchev–Trinajstić information content (AvgIpc) is 2.18. The molecule has 0 bridgehead atoms. The van der Waals surface area contributed by atoms with E-state index in [9.17, 15) is 0 Å². The molecule has 0 fully saturated rings. The number of hydrogen-bond donors (Lipinski definition) is 0. The van der Waals surface area contributed by atoms with E-state index in [1.165, 1.54) is 0 Å². The van der Waals surface area contributed by atoms with Gasteiger partial charge in [0.1, 0.15) is 0 Å². The second-order valence-electron chi connectivity index (χ2n) is 3.36. The fourth-order valence-corrected chi connectivity index (χ4v) is 1.35. The number of pyridine rings is 1. The lowest BCUT2D eigenvalue weighted by Crippen LogP contribution is -2.11. The van der Waals surface area contributed by atoms with E-state index in [1.807, 2.05) is 26.0 Å². The Bertz CT molecular complexity index is 301. The van der Waals surface area contributed by atoms with Crippen LogP contribution in [0.2, 0.25) is 0 Å². The molecule has 0 saturated carbocycles. The van der Waals surface area contributed by atoms with Gasteiger partial charge in [-0.2, -0.15) is 0 Å². The molecule has 14 heavy (non-hydrogen) atoms. The van der Waals surface area contributed by atoms with E-state index in [0.29, 0.717) is 11.8 Å². The molecule has 2 nitrogen and oxygen atoms in total. The summed E-state index contributed by atoms with van der Waals surface area (Å²) in [5.74, 6) is 1.19. The van der Waals surface area contributed by atoms with E-state index >= 15 is 0 Å². The van der Waals surface area contributed by atoms with E-state index in [0.717, 1.165) is 17.7 Å². The maximum atomic E-state index is 5.74. The van der Waals surface area contributed by atoms with Gasteiger partial charge in [0, 0.05) is 17.6 Å². The zero-order valence-electron chi connectivity index (χ0n) is 8.88. The van der Waals surface area contributed by atoms with Gasteiger partial charge in [-0.05, 0) is 25.8 Å². The monoisotopic (exact) mass is 213 g/mol. The van der Waals surface area contributed by atoms with Crippen LogP contribution in [0.3, 0.4) is 0 Å². The normalized spacial score (nSPS) is 12.6. The molecule has 0 N–H and O–H groups in total. The fraction of sp³-hybridized carbons (Fsp3) is 0.545. The highest BCUT2D eigenvalue weighted by atomic mass is 35.5. The summed E-state index contributed by atoms with van der Waals surface area (Å²) in [6.45, 7) is 6.07. The maximum absolute atomic E-state index is 5.74. The van der Waals surface area contributed by atoms with Crippen molar-refractivity contribution >= 4 is 11.6 Å². The van der Waals surface area contributed by atoms with E-state index in [1.54, 1.807) is 0 Å². The lowest BCUT2D eigenvalue weighted by molar-refractivity contribution is 0.208. The predicted octanol–water partition coefficient (Wildman–Crippen LogP) is 3.31. The largest absolute Gasteiger partial charge is 0.475 e. The van der Waals surface area contributed by atoms with Crippen molar-refractivity contribution in [2.45, 2.75) is 39.2 Å². The van der Waals surface area contributed by atoms with Gasteiger partial charge in [0.2, 0.25) is 5.88 Å². The summed E-state index contributed by atoms with van der Waals surface area (Å²) in [6, 6.07) is 3.84. The van der Waals surface area contributed by atoms with Crippen molar-refractivity contribution in [3.05, 3.63) is 23.4 Å². The first-order chi connectivity index (χ1) is 6.67. The molecule has 0 saturated heterocycles. The van der Waals surface area contributed by atoms with Crippen molar-refractivity contribution in [1.82, 2.24) is 4.98 Å². The lowest BCUT2D eigenvalue weighted by atomic mass is 10.2. The van der Waals surface area contributed by atoms with Crippen LogP contribution in [0.4, 0.5) is 0 Å². The van der Waals surface area contributed by atoms with Gasteiger partial charge in [-0.3, -0.25) is 0 Å². The lowest BCUT2D eigenvalue weighted by Gasteiger charge is -2.12. The number of alkyl halides is 1. The first-order valence-electron chi connectivity index (χ1n) is 4.86. The molecule has 0 aliphatic rings. The Kier molecular flexibility index (Phi) is 4.21. The van der Waals surface area contributed by atoms with Crippen molar-refractivity contribution in [1.29, 1.82) is 0 Å². The minimum Gasteiger partial charge on any atom is -0.475 e. The topological polar surface area (TPSA) is 22.1 Å². The van der Waals surface area contributed by atoms with Crippen LogP contribution in [0.15, 0.2) is 12.1 Å². The van der Waals surface area contributed by atoms with Crippen molar-refractivity contribution in [2.75, 3.05) is 0 Å². The molecule has 0 aromatic carbocycles. The van der Waals surface area contributed by atoms with Crippen LogP contribution in [0.25, 0.3) is 0 Å². The molecule has 0 spiro atoms. The fourth-order valence-electron chi connectivity index (χ4n) is 1.06. The summed E-state index contributed by atoms with van der Waals surface area (Å²) in [5, 5.41) is 0. The van der Waals surface area contributed by atoms with Gasteiger partial charge >= 0.3 is 0 Å². The molecular formula is C11H16ClNO. The second-order valence-corrected chi connectivity index (χ2v) is 3.63. The summed E-state index contributed by atoms with van der Waals surface area (Å²) in [7, 11) is 0. The average molecular weight is 214 g/mol. The first-order valence-corrected chi connectivity index (χ1v) is 5.40. The van der Waals surface area contributed by atoms with Gasteiger partial charge in [-0.25, -0.2) is 4.98 Å². The van der Waals surface area contributed by atoms with E-state index in [-0.39, 0.29) is 6.10 Å². The summed E-state index contributed by atoms with van der Waals surface area (Å²) < 4.78 is 5.59. The Morgan fingerprint density at radius 2 is 2.21 bits per heavy atom. The van der Waals surface area contributed by atoms with E-state index in [4.69, 9.17) is 16.3 Å². The van der Waals surface area contributed by atoms with Gasteiger partial charge in [0.15, 0.2) is 0 Å². The molecule has 1 heterocycles. The van der Waals surface area contributed by atoms with Gasteiger partial charge < -0.3 is 4.74 Å². The summed E-state index contributed by atoms with van der Waals surface area (Å²) in [6.07, 6.45) is 1.20. The Labute approximate surface area is 90.3 Å². The SMILES string of the molecule is CCC(C)Oc1ccc(CCl)c(C)n1. The Hall–Kier alpha value is -0.760. The third-order valence-electron chi connectivity index (χ3n) is 2.21. The number of rotatable bonds is 4. The number of aromatic nitrogens is 1. The quantitative estimate of drug-likeness (QED) is 0.716. The molecule has 1 aromatic heterocycles. The molecule has 0 radical (unpaired) electrons. The molecule has 1 rings (SSSR count). The van der Waals surface area contributed by atoms with Crippen LogP contribution in [0.5, 0.6) is 5.88 Å². The smallest absolute Gasteiger partial charge is 0.213 e. The van der Waals surface area contributed by atoms with Crippen LogP contribution in [-0.4, -0.2) is 11.1 Å². The number of nitrogens with zero attached hydrogens (tertiary/aromatic N) is 1.